The lowest BCUT2D eigenvalue weighted by Gasteiger charge is -1.94. The van der Waals surface area contributed by atoms with E-state index in [4.69, 9.17) is 23.2 Å². The summed E-state index contributed by atoms with van der Waals surface area (Å²) in [6.45, 7) is 0. The Morgan fingerprint density at radius 3 is 2.64 bits per heavy atom. The summed E-state index contributed by atoms with van der Waals surface area (Å²) in [4.78, 5) is 10.7. The number of rotatable bonds is 0. The predicted octanol–water partition coefficient (Wildman–Crippen LogP) is 2.52. The number of carbonyl (C=O) groups is 1. The third-order valence-corrected chi connectivity index (χ3v) is 2.15. The van der Waals surface area contributed by atoms with Gasteiger partial charge < -0.3 is 4.74 Å². The molecule has 14 heavy (non-hydrogen) atoms. The molecular weight excluding hydrogens is 223 g/mol. The summed E-state index contributed by atoms with van der Waals surface area (Å²) >= 11 is 11.4. The molecule has 0 fully saturated rings. The van der Waals surface area contributed by atoms with E-state index >= 15 is 0 Å². The second-order valence-electron chi connectivity index (χ2n) is 2.37. The number of carbonyl (C=O) groups excluding carboxylic acids is 1. The van der Waals surface area contributed by atoms with E-state index in [9.17, 15) is 4.79 Å². The zero-order valence-electron chi connectivity index (χ0n) is 7.30. The molecule has 0 saturated carbocycles. The number of hydrogen-bond acceptors (Lipinski definition) is 2. The van der Waals surface area contributed by atoms with Gasteiger partial charge in [0.1, 0.15) is 0 Å². The zero-order chi connectivity index (χ0) is 10.6. The highest BCUT2D eigenvalue weighted by atomic mass is 35.5. The normalized spacial score (nSPS) is 8.79. The molecule has 0 aliphatic rings. The standard InChI is InChI=1S/C10H6Cl2O2/c1-14-10(13)5-3-7-2-4-8(11)9(12)6-7/h2,4,6H,1H3. The lowest BCUT2D eigenvalue weighted by atomic mass is 10.2. The Morgan fingerprint density at radius 1 is 1.36 bits per heavy atom. The summed E-state index contributed by atoms with van der Waals surface area (Å²) in [6, 6.07) is 4.87. The van der Waals surface area contributed by atoms with E-state index in [0.717, 1.165) is 0 Å². The van der Waals surface area contributed by atoms with Gasteiger partial charge in [0.15, 0.2) is 0 Å². The zero-order valence-corrected chi connectivity index (χ0v) is 8.82. The topological polar surface area (TPSA) is 26.3 Å². The molecule has 0 heterocycles. The molecule has 1 aromatic carbocycles. The number of esters is 1. The predicted molar refractivity (Wildman–Crippen MR) is 55.4 cm³/mol. The molecule has 0 saturated heterocycles. The fourth-order valence-corrected chi connectivity index (χ4v) is 1.05. The van der Waals surface area contributed by atoms with E-state index in [0.29, 0.717) is 15.6 Å². The highest BCUT2D eigenvalue weighted by Crippen LogP contribution is 2.21. The van der Waals surface area contributed by atoms with Crippen LogP contribution in [0.3, 0.4) is 0 Å². The number of methoxy groups -OCH3 is 1. The maximum absolute atomic E-state index is 10.7. The summed E-state index contributed by atoms with van der Waals surface area (Å²) in [7, 11) is 1.27. The van der Waals surface area contributed by atoms with Crippen molar-refractivity contribution in [2.45, 2.75) is 0 Å². The van der Waals surface area contributed by atoms with Crippen LogP contribution in [0.4, 0.5) is 0 Å². The van der Waals surface area contributed by atoms with Gasteiger partial charge >= 0.3 is 5.97 Å². The van der Waals surface area contributed by atoms with Crippen molar-refractivity contribution in [1.82, 2.24) is 0 Å². The van der Waals surface area contributed by atoms with Gasteiger partial charge in [0.05, 0.1) is 17.2 Å². The largest absolute Gasteiger partial charge is 0.459 e. The van der Waals surface area contributed by atoms with E-state index < -0.39 is 5.97 Å². The molecule has 0 radical (unpaired) electrons. The molecule has 0 aliphatic heterocycles. The monoisotopic (exact) mass is 228 g/mol. The molecule has 0 aromatic heterocycles. The average Bonchev–Trinajstić information content (AvgIpc) is 2.19. The lowest BCUT2D eigenvalue weighted by molar-refractivity contribution is -0.133. The van der Waals surface area contributed by atoms with Gasteiger partial charge in [0, 0.05) is 11.5 Å². The number of hydrogen-bond donors (Lipinski definition) is 0. The van der Waals surface area contributed by atoms with Crippen molar-refractivity contribution in [2.24, 2.45) is 0 Å². The maximum atomic E-state index is 10.7. The fraction of sp³-hybridized carbons (Fsp3) is 0.100. The highest BCUT2D eigenvalue weighted by molar-refractivity contribution is 6.42. The second-order valence-corrected chi connectivity index (χ2v) is 3.18. The van der Waals surface area contributed by atoms with Gasteiger partial charge in [-0.25, -0.2) is 4.79 Å². The first-order chi connectivity index (χ1) is 6.63. The Hall–Kier alpha value is -1.17. The summed E-state index contributed by atoms with van der Waals surface area (Å²) in [5.41, 5.74) is 0.616. The number of benzene rings is 1. The molecular formula is C10H6Cl2O2. The first-order valence-corrected chi connectivity index (χ1v) is 4.44. The molecule has 72 valence electrons. The molecule has 0 N–H and O–H groups in total. The molecule has 0 bridgehead atoms. The Kier molecular flexibility index (Phi) is 3.82. The van der Waals surface area contributed by atoms with Crippen LogP contribution in [0.2, 0.25) is 10.0 Å². The molecule has 4 heteroatoms. The van der Waals surface area contributed by atoms with Gasteiger partial charge in [-0.2, -0.15) is 0 Å². The first-order valence-electron chi connectivity index (χ1n) is 3.68. The molecule has 0 spiro atoms. The van der Waals surface area contributed by atoms with E-state index in [2.05, 4.69) is 16.6 Å². The molecule has 0 amide bonds. The van der Waals surface area contributed by atoms with Crippen LogP contribution in [0, 0.1) is 11.8 Å². The Labute approximate surface area is 91.8 Å². The van der Waals surface area contributed by atoms with E-state index in [1.807, 2.05) is 0 Å². The third-order valence-electron chi connectivity index (χ3n) is 1.41. The van der Waals surface area contributed by atoms with Gasteiger partial charge in [-0.15, -0.1) is 0 Å². The summed E-state index contributed by atoms with van der Waals surface area (Å²) < 4.78 is 4.35. The Morgan fingerprint density at radius 2 is 2.07 bits per heavy atom. The minimum Gasteiger partial charge on any atom is -0.459 e. The average molecular weight is 229 g/mol. The Bertz CT molecular complexity index is 416. The molecule has 0 aliphatic carbocycles. The Balaban J connectivity index is 2.91. The van der Waals surface area contributed by atoms with Crippen molar-refractivity contribution < 1.29 is 9.53 Å². The number of ether oxygens (including phenoxy) is 1. The van der Waals surface area contributed by atoms with Crippen molar-refractivity contribution in [1.29, 1.82) is 0 Å². The first kappa shape index (κ1) is 10.9. The smallest absolute Gasteiger partial charge is 0.384 e. The molecule has 1 rings (SSSR count). The quantitative estimate of drug-likeness (QED) is 0.504. The van der Waals surface area contributed by atoms with Crippen LogP contribution in [0.5, 0.6) is 0 Å². The van der Waals surface area contributed by atoms with Gasteiger partial charge in [0.25, 0.3) is 0 Å². The van der Waals surface area contributed by atoms with Gasteiger partial charge in [-0.05, 0) is 18.2 Å². The fourth-order valence-electron chi connectivity index (χ4n) is 0.748. The van der Waals surface area contributed by atoms with Crippen LogP contribution in [0.15, 0.2) is 18.2 Å². The minimum absolute atomic E-state index is 0.406. The van der Waals surface area contributed by atoms with Crippen LogP contribution < -0.4 is 0 Å². The molecule has 1 aromatic rings. The SMILES string of the molecule is COC(=O)C#Cc1ccc(Cl)c(Cl)c1. The van der Waals surface area contributed by atoms with Crippen molar-refractivity contribution in [3.63, 3.8) is 0 Å². The van der Waals surface area contributed by atoms with Gasteiger partial charge in [-0.3, -0.25) is 0 Å². The van der Waals surface area contributed by atoms with E-state index in [1.165, 1.54) is 7.11 Å². The summed E-state index contributed by atoms with van der Waals surface area (Å²) in [5, 5.41) is 0.860. The van der Waals surface area contributed by atoms with Crippen molar-refractivity contribution in [2.75, 3.05) is 7.11 Å². The highest BCUT2D eigenvalue weighted by Gasteiger charge is 1.97. The number of halogens is 2. The van der Waals surface area contributed by atoms with E-state index in [1.54, 1.807) is 18.2 Å². The van der Waals surface area contributed by atoms with Crippen LogP contribution in [0.1, 0.15) is 5.56 Å². The van der Waals surface area contributed by atoms with Gasteiger partial charge in [0.2, 0.25) is 0 Å². The third kappa shape index (κ3) is 2.95. The molecule has 2 nitrogen and oxygen atoms in total. The lowest BCUT2D eigenvalue weighted by Crippen LogP contribution is -1.94. The van der Waals surface area contributed by atoms with Crippen LogP contribution >= 0.6 is 23.2 Å². The van der Waals surface area contributed by atoms with Crippen LogP contribution in [-0.4, -0.2) is 13.1 Å². The molecule has 0 unspecified atom stereocenters. The second kappa shape index (κ2) is 4.90. The summed E-state index contributed by atoms with van der Waals surface area (Å²) in [6.07, 6.45) is 0. The van der Waals surface area contributed by atoms with Crippen molar-refractivity contribution in [3.05, 3.63) is 33.8 Å². The van der Waals surface area contributed by atoms with Crippen molar-refractivity contribution in [3.8, 4) is 11.8 Å². The summed E-state index contributed by atoms with van der Waals surface area (Å²) in [5.74, 6) is 4.29. The molecule has 0 atom stereocenters. The maximum Gasteiger partial charge on any atom is 0.384 e. The minimum atomic E-state index is -0.587. The van der Waals surface area contributed by atoms with E-state index in [-0.39, 0.29) is 0 Å². The van der Waals surface area contributed by atoms with Gasteiger partial charge in [-0.1, -0.05) is 29.1 Å². The van der Waals surface area contributed by atoms with Crippen molar-refractivity contribution >= 4 is 29.2 Å². The van der Waals surface area contributed by atoms with Crippen LogP contribution in [0.25, 0.3) is 0 Å². The van der Waals surface area contributed by atoms with Crippen LogP contribution in [-0.2, 0) is 9.53 Å².